The Hall–Kier alpha value is -0.920. The SMILES string of the molecule is CCNCc1cn[nH]c1S(=O)(=O)N1CCCC1C. The van der Waals surface area contributed by atoms with Gasteiger partial charge in [-0.15, -0.1) is 0 Å². The lowest BCUT2D eigenvalue weighted by atomic mass is 10.3. The van der Waals surface area contributed by atoms with Crippen molar-refractivity contribution in [2.75, 3.05) is 13.1 Å². The number of H-pyrrole nitrogens is 1. The zero-order valence-electron chi connectivity index (χ0n) is 10.8. The third-order valence-corrected chi connectivity index (χ3v) is 5.33. The summed E-state index contributed by atoms with van der Waals surface area (Å²) in [6.07, 6.45) is 3.43. The van der Waals surface area contributed by atoms with Crippen LogP contribution in [-0.4, -0.2) is 42.1 Å². The Bertz CT molecular complexity index is 497. The molecule has 0 radical (unpaired) electrons. The molecule has 0 spiro atoms. The van der Waals surface area contributed by atoms with Crippen LogP contribution in [0.4, 0.5) is 0 Å². The summed E-state index contributed by atoms with van der Waals surface area (Å²) in [5, 5.41) is 9.86. The molecule has 1 fully saturated rings. The molecule has 1 saturated heterocycles. The van der Waals surface area contributed by atoms with Crippen LogP contribution in [0.15, 0.2) is 11.2 Å². The number of nitrogens with zero attached hydrogens (tertiary/aromatic N) is 2. The zero-order chi connectivity index (χ0) is 13.2. The third-order valence-electron chi connectivity index (χ3n) is 3.30. The second-order valence-electron chi connectivity index (χ2n) is 4.61. The molecule has 1 aromatic rings. The molecular weight excluding hydrogens is 252 g/mol. The molecule has 0 bridgehead atoms. The predicted molar refractivity (Wildman–Crippen MR) is 68.6 cm³/mol. The van der Waals surface area contributed by atoms with Crippen LogP contribution in [0.1, 0.15) is 32.3 Å². The molecule has 2 heterocycles. The Labute approximate surface area is 108 Å². The largest absolute Gasteiger partial charge is 0.313 e. The highest BCUT2D eigenvalue weighted by Crippen LogP contribution is 2.26. The van der Waals surface area contributed by atoms with Crippen molar-refractivity contribution in [3.05, 3.63) is 11.8 Å². The van der Waals surface area contributed by atoms with Gasteiger partial charge in [-0.05, 0) is 26.3 Å². The molecule has 1 aliphatic rings. The molecule has 7 heteroatoms. The van der Waals surface area contributed by atoms with Gasteiger partial charge in [0.2, 0.25) is 0 Å². The van der Waals surface area contributed by atoms with E-state index in [1.807, 2.05) is 13.8 Å². The van der Waals surface area contributed by atoms with Gasteiger partial charge in [-0.1, -0.05) is 6.92 Å². The van der Waals surface area contributed by atoms with Crippen LogP contribution in [0.5, 0.6) is 0 Å². The number of rotatable bonds is 5. The Kier molecular flexibility index (Phi) is 4.04. The van der Waals surface area contributed by atoms with Crippen LogP contribution in [0, 0.1) is 0 Å². The van der Waals surface area contributed by atoms with Crippen LogP contribution < -0.4 is 5.32 Å². The topological polar surface area (TPSA) is 78.1 Å². The maximum atomic E-state index is 12.5. The van der Waals surface area contributed by atoms with Gasteiger partial charge in [0.05, 0.1) is 6.20 Å². The summed E-state index contributed by atoms with van der Waals surface area (Å²) in [6.45, 7) is 5.85. The first-order chi connectivity index (χ1) is 8.57. The highest BCUT2D eigenvalue weighted by Gasteiger charge is 2.34. The lowest BCUT2D eigenvalue weighted by molar-refractivity contribution is 0.405. The van der Waals surface area contributed by atoms with E-state index in [0.717, 1.165) is 19.4 Å². The quantitative estimate of drug-likeness (QED) is 0.827. The van der Waals surface area contributed by atoms with Crippen LogP contribution in [0.25, 0.3) is 0 Å². The summed E-state index contributed by atoms with van der Waals surface area (Å²) in [5.74, 6) is 0. The second-order valence-corrected chi connectivity index (χ2v) is 6.44. The standard InChI is InChI=1S/C11H20N4O2S/c1-3-12-7-10-8-13-14-11(10)18(16,17)15-6-4-5-9(15)2/h8-9,12H,3-7H2,1-2H3,(H,13,14). The fraction of sp³-hybridized carbons (Fsp3) is 0.727. The molecule has 0 aromatic carbocycles. The van der Waals surface area contributed by atoms with E-state index in [1.54, 1.807) is 10.5 Å². The number of hydrogen-bond acceptors (Lipinski definition) is 4. The minimum absolute atomic E-state index is 0.0743. The van der Waals surface area contributed by atoms with Crippen molar-refractivity contribution in [1.82, 2.24) is 19.8 Å². The first-order valence-electron chi connectivity index (χ1n) is 6.32. The average molecular weight is 272 g/mol. The highest BCUT2D eigenvalue weighted by atomic mass is 32.2. The molecule has 102 valence electrons. The smallest absolute Gasteiger partial charge is 0.260 e. The van der Waals surface area contributed by atoms with Crippen LogP contribution in [0.2, 0.25) is 0 Å². The van der Waals surface area contributed by atoms with Crippen LogP contribution >= 0.6 is 0 Å². The molecule has 1 atom stereocenters. The van der Waals surface area contributed by atoms with E-state index in [1.165, 1.54) is 0 Å². The minimum Gasteiger partial charge on any atom is -0.313 e. The van der Waals surface area contributed by atoms with Gasteiger partial charge in [0.1, 0.15) is 0 Å². The number of nitrogens with one attached hydrogen (secondary N) is 2. The summed E-state index contributed by atoms with van der Waals surface area (Å²) in [5.41, 5.74) is 0.705. The number of hydrogen-bond donors (Lipinski definition) is 2. The fourth-order valence-corrected chi connectivity index (χ4v) is 4.10. The Morgan fingerprint density at radius 2 is 2.39 bits per heavy atom. The molecule has 18 heavy (non-hydrogen) atoms. The molecule has 6 nitrogen and oxygen atoms in total. The van der Waals surface area contributed by atoms with E-state index in [4.69, 9.17) is 0 Å². The molecule has 2 rings (SSSR count). The molecule has 0 saturated carbocycles. The van der Waals surface area contributed by atoms with Gasteiger partial charge in [-0.2, -0.15) is 9.40 Å². The van der Waals surface area contributed by atoms with Crippen molar-refractivity contribution in [2.45, 2.75) is 44.3 Å². The van der Waals surface area contributed by atoms with Gasteiger partial charge in [-0.25, -0.2) is 8.42 Å². The predicted octanol–water partition coefficient (Wildman–Crippen LogP) is 0.692. The Morgan fingerprint density at radius 1 is 1.61 bits per heavy atom. The van der Waals surface area contributed by atoms with E-state index in [0.29, 0.717) is 18.7 Å². The van der Waals surface area contributed by atoms with E-state index in [2.05, 4.69) is 15.5 Å². The van der Waals surface area contributed by atoms with Gasteiger partial charge in [0.25, 0.3) is 10.0 Å². The van der Waals surface area contributed by atoms with Gasteiger partial charge >= 0.3 is 0 Å². The molecule has 0 amide bonds. The second kappa shape index (κ2) is 5.38. The van der Waals surface area contributed by atoms with Crippen LogP contribution in [0.3, 0.4) is 0 Å². The number of aromatic nitrogens is 2. The van der Waals surface area contributed by atoms with Crippen molar-refractivity contribution in [2.24, 2.45) is 0 Å². The van der Waals surface area contributed by atoms with E-state index in [9.17, 15) is 8.42 Å². The van der Waals surface area contributed by atoms with Crippen molar-refractivity contribution >= 4 is 10.0 Å². The molecule has 1 aliphatic heterocycles. The fourth-order valence-electron chi connectivity index (χ4n) is 2.29. The van der Waals surface area contributed by atoms with Crippen molar-refractivity contribution < 1.29 is 8.42 Å². The van der Waals surface area contributed by atoms with E-state index >= 15 is 0 Å². The van der Waals surface area contributed by atoms with Gasteiger partial charge in [0.15, 0.2) is 5.03 Å². The summed E-state index contributed by atoms with van der Waals surface area (Å²) in [7, 11) is -3.43. The first kappa shape index (κ1) is 13.5. The van der Waals surface area contributed by atoms with Crippen LogP contribution in [-0.2, 0) is 16.6 Å². The van der Waals surface area contributed by atoms with E-state index in [-0.39, 0.29) is 11.1 Å². The zero-order valence-corrected chi connectivity index (χ0v) is 11.6. The lowest BCUT2D eigenvalue weighted by Crippen LogP contribution is -2.34. The lowest BCUT2D eigenvalue weighted by Gasteiger charge is -2.20. The maximum Gasteiger partial charge on any atom is 0.260 e. The number of aromatic amines is 1. The third kappa shape index (κ3) is 2.43. The summed E-state index contributed by atoms with van der Waals surface area (Å²) in [4.78, 5) is 0. The van der Waals surface area contributed by atoms with Gasteiger partial charge in [0, 0.05) is 24.7 Å². The molecule has 0 aliphatic carbocycles. The molecule has 1 aromatic heterocycles. The van der Waals surface area contributed by atoms with Gasteiger partial charge < -0.3 is 5.32 Å². The Morgan fingerprint density at radius 3 is 3.00 bits per heavy atom. The molecular formula is C11H20N4O2S. The normalized spacial score (nSPS) is 21.6. The van der Waals surface area contributed by atoms with Crippen molar-refractivity contribution in [3.63, 3.8) is 0 Å². The number of sulfonamides is 1. The van der Waals surface area contributed by atoms with E-state index < -0.39 is 10.0 Å². The average Bonchev–Trinajstić information content (AvgIpc) is 2.94. The minimum atomic E-state index is -3.43. The van der Waals surface area contributed by atoms with Crippen molar-refractivity contribution in [1.29, 1.82) is 0 Å². The molecule has 2 N–H and O–H groups in total. The highest BCUT2D eigenvalue weighted by molar-refractivity contribution is 7.89. The Balaban J connectivity index is 2.27. The maximum absolute atomic E-state index is 12.5. The van der Waals surface area contributed by atoms with Crippen molar-refractivity contribution in [3.8, 4) is 0 Å². The summed E-state index contributed by atoms with van der Waals surface area (Å²) in [6, 6.07) is 0.0743. The first-order valence-corrected chi connectivity index (χ1v) is 7.76. The summed E-state index contributed by atoms with van der Waals surface area (Å²) < 4.78 is 26.6. The van der Waals surface area contributed by atoms with Gasteiger partial charge in [-0.3, -0.25) is 5.10 Å². The summed E-state index contributed by atoms with van der Waals surface area (Å²) >= 11 is 0. The molecule has 1 unspecified atom stereocenters. The monoisotopic (exact) mass is 272 g/mol.